The summed E-state index contributed by atoms with van der Waals surface area (Å²) in [6, 6.07) is 12.0. The molecule has 0 saturated heterocycles. The van der Waals surface area contributed by atoms with Gasteiger partial charge in [-0.3, -0.25) is 0 Å². The van der Waals surface area contributed by atoms with Gasteiger partial charge in [0.05, 0.1) is 12.3 Å². The first-order valence-electron chi connectivity index (χ1n) is 7.41. The van der Waals surface area contributed by atoms with Crippen molar-refractivity contribution in [3.63, 3.8) is 0 Å². The fourth-order valence-electron chi connectivity index (χ4n) is 2.73. The summed E-state index contributed by atoms with van der Waals surface area (Å²) in [5.41, 5.74) is 9.01. The van der Waals surface area contributed by atoms with Crippen molar-refractivity contribution in [1.29, 1.82) is 0 Å². The third-order valence-corrected chi connectivity index (χ3v) is 3.72. The van der Waals surface area contributed by atoms with E-state index in [1.807, 2.05) is 6.92 Å². The van der Waals surface area contributed by atoms with Crippen LogP contribution in [0, 0.1) is 0 Å². The van der Waals surface area contributed by atoms with E-state index in [0.717, 1.165) is 19.3 Å². The molecular formula is C17H20N2O2. The average molecular weight is 284 g/mol. The predicted octanol–water partition coefficient (Wildman–Crippen LogP) is 3.52. The van der Waals surface area contributed by atoms with E-state index in [1.165, 1.54) is 11.1 Å². The third-order valence-electron chi connectivity index (χ3n) is 3.72. The van der Waals surface area contributed by atoms with E-state index < -0.39 is 0 Å². The second-order valence-corrected chi connectivity index (χ2v) is 5.17. The van der Waals surface area contributed by atoms with Crippen molar-refractivity contribution < 1.29 is 9.47 Å². The van der Waals surface area contributed by atoms with Crippen molar-refractivity contribution in [2.75, 3.05) is 12.3 Å². The lowest BCUT2D eigenvalue weighted by Crippen LogP contribution is -2.15. The number of nitrogen functional groups attached to an aromatic ring is 1. The van der Waals surface area contributed by atoms with Gasteiger partial charge in [0.25, 0.3) is 0 Å². The van der Waals surface area contributed by atoms with Gasteiger partial charge in [0.1, 0.15) is 6.10 Å². The van der Waals surface area contributed by atoms with Crippen LogP contribution in [0.1, 0.15) is 37.0 Å². The molecule has 1 heterocycles. The molecule has 1 aromatic carbocycles. The van der Waals surface area contributed by atoms with Crippen molar-refractivity contribution in [3.8, 4) is 11.8 Å². The molecule has 1 aliphatic carbocycles. The molecular weight excluding hydrogens is 264 g/mol. The van der Waals surface area contributed by atoms with Crippen LogP contribution in [-0.4, -0.2) is 11.6 Å². The molecule has 2 N–H and O–H groups in total. The highest BCUT2D eigenvalue weighted by molar-refractivity contribution is 5.49. The monoisotopic (exact) mass is 284 g/mol. The van der Waals surface area contributed by atoms with Crippen LogP contribution in [0.3, 0.4) is 0 Å². The van der Waals surface area contributed by atoms with Crippen LogP contribution in [0.4, 0.5) is 5.69 Å². The van der Waals surface area contributed by atoms with Gasteiger partial charge in [-0.15, -0.1) is 0 Å². The number of benzene rings is 1. The molecule has 3 rings (SSSR count). The molecule has 0 aliphatic heterocycles. The molecule has 1 aromatic heterocycles. The van der Waals surface area contributed by atoms with Crippen LogP contribution in [0.15, 0.2) is 36.4 Å². The van der Waals surface area contributed by atoms with E-state index in [2.05, 4.69) is 29.2 Å². The molecule has 110 valence electrons. The van der Waals surface area contributed by atoms with Crippen molar-refractivity contribution in [3.05, 3.63) is 47.5 Å². The van der Waals surface area contributed by atoms with E-state index in [-0.39, 0.29) is 6.10 Å². The van der Waals surface area contributed by atoms with Crippen LogP contribution in [0.5, 0.6) is 11.8 Å². The van der Waals surface area contributed by atoms with Crippen molar-refractivity contribution >= 4 is 5.69 Å². The first-order chi connectivity index (χ1) is 10.3. The summed E-state index contributed by atoms with van der Waals surface area (Å²) in [7, 11) is 0. The van der Waals surface area contributed by atoms with Crippen molar-refractivity contribution in [1.82, 2.24) is 4.98 Å². The molecule has 2 aromatic rings. The SMILES string of the molecule is CCOc1nc(OC2CCCc3ccccc32)ccc1N. The smallest absolute Gasteiger partial charge is 0.240 e. The van der Waals surface area contributed by atoms with E-state index >= 15 is 0 Å². The number of pyridine rings is 1. The lowest BCUT2D eigenvalue weighted by Gasteiger charge is -2.26. The normalized spacial score (nSPS) is 17.1. The van der Waals surface area contributed by atoms with Gasteiger partial charge in [-0.2, -0.15) is 4.98 Å². The predicted molar refractivity (Wildman–Crippen MR) is 82.6 cm³/mol. The van der Waals surface area contributed by atoms with Crippen LogP contribution in [0.25, 0.3) is 0 Å². The van der Waals surface area contributed by atoms with Gasteiger partial charge in [0.15, 0.2) is 0 Å². The molecule has 0 saturated carbocycles. The maximum Gasteiger partial charge on any atom is 0.240 e. The zero-order valence-electron chi connectivity index (χ0n) is 12.2. The number of rotatable bonds is 4. The summed E-state index contributed by atoms with van der Waals surface area (Å²) in [6.45, 7) is 2.44. The minimum atomic E-state index is 0.0561. The summed E-state index contributed by atoms with van der Waals surface area (Å²) >= 11 is 0. The minimum absolute atomic E-state index is 0.0561. The Morgan fingerprint density at radius 3 is 2.95 bits per heavy atom. The molecule has 21 heavy (non-hydrogen) atoms. The maximum absolute atomic E-state index is 6.08. The van der Waals surface area contributed by atoms with Crippen LogP contribution >= 0.6 is 0 Å². The Morgan fingerprint density at radius 2 is 2.10 bits per heavy atom. The van der Waals surface area contributed by atoms with Gasteiger partial charge in [-0.1, -0.05) is 24.3 Å². The number of hydrogen-bond donors (Lipinski definition) is 1. The van der Waals surface area contributed by atoms with Crippen molar-refractivity contribution in [2.24, 2.45) is 0 Å². The summed E-state index contributed by atoms with van der Waals surface area (Å²) in [4.78, 5) is 4.36. The minimum Gasteiger partial charge on any atom is -0.476 e. The van der Waals surface area contributed by atoms with Crippen LogP contribution < -0.4 is 15.2 Å². The summed E-state index contributed by atoms with van der Waals surface area (Å²) in [5.74, 6) is 1.01. The fourth-order valence-corrected chi connectivity index (χ4v) is 2.73. The Balaban J connectivity index is 1.83. The van der Waals surface area contributed by atoms with Gasteiger partial charge in [0.2, 0.25) is 11.8 Å². The molecule has 0 spiro atoms. The van der Waals surface area contributed by atoms with E-state index in [1.54, 1.807) is 12.1 Å². The Hall–Kier alpha value is -2.23. The Kier molecular flexibility index (Phi) is 3.95. The number of hydrogen-bond acceptors (Lipinski definition) is 4. The highest BCUT2D eigenvalue weighted by Gasteiger charge is 2.22. The second-order valence-electron chi connectivity index (χ2n) is 5.17. The summed E-state index contributed by atoms with van der Waals surface area (Å²) in [6.07, 6.45) is 3.32. The molecule has 0 radical (unpaired) electrons. The van der Waals surface area contributed by atoms with Crippen LogP contribution in [0.2, 0.25) is 0 Å². The molecule has 0 amide bonds. The molecule has 1 atom stereocenters. The highest BCUT2D eigenvalue weighted by Crippen LogP contribution is 2.34. The summed E-state index contributed by atoms with van der Waals surface area (Å²) < 4.78 is 11.5. The van der Waals surface area contributed by atoms with Gasteiger partial charge >= 0.3 is 0 Å². The quantitative estimate of drug-likeness (QED) is 0.933. The molecule has 0 bridgehead atoms. The van der Waals surface area contributed by atoms with Gasteiger partial charge < -0.3 is 15.2 Å². The number of fused-ring (bicyclic) bond motifs is 1. The number of nitrogens with two attached hydrogens (primary N) is 1. The molecule has 1 aliphatic rings. The highest BCUT2D eigenvalue weighted by atomic mass is 16.5. The maximum atomic E-state index is 6.08. The lowest BCUT2D eigenvalue weighted by atomic mass is 9.89. The number of aromatic nitrogens is 1. The van der Waals surface area contributed by atoms with Crippen molar-refractivity contribution in [2.45, 2.75) is 32.3 Å². The zero-order valence-corrected chi connectivity index (χ0v) is 12.2. The average Bonchev–Trinajstić information content (AvgIpc) is 2.51. The van der Waals surface area contributed by atoms with E-state index in [0.29, 0.717) is 24.1 Å². The third kappa shape index (κ3) is 2.94. The number of ether oxygens (including phenoxy) is 2. The second kappa shape index (κ2) is 6.04. The fraction of sp³-hybridized carbons (Fsp3) is 0.353. The molecule has 4 nitrogen and oxygen atoms in total. The van der Waals surface area contributed by atoms with Gasteiger partial charge in [0, 0.05) is 6.07 Å². The standard InChI is InChI=1S/C17H20N2O2/c1-2-20-17-14(18)10-11-16(19-17)21-15-9-5-7-12-6-3-4-8-13(12)15/h3-4,6,8,10-11,15H,2,5,7,9,18H2,1H3. The van der Waals surface area contributed by atoms with Crippen LogP contribution in [-0.2, 0) is 6.42 Å². The van der Waals surface area contributed by atoms with Gasteiger partial charge in [-0.05, 0) is 43.4 Å². The number of aryl methyl sites for hydroxylation is 1. The Labute approximate surface area is 124 Å². The Bertz CT molecular complexity index is 628. The molecule has 0 fully saturated rings. The van der Waals surface area contributed by atoms with Gasteiger partial charge in [-0.25, -0.2) is 0 Å². The van der Waals surface area contributed by atoms with E-state index in [9.17, 15) is 0 Å². The lowest BCUT2D eigenvalue weighted by molar-refractivity contribution is 0.173. The number of anilines is 1. The summed E-state index contributed by atoms with van der Waals surface area (Å²) in [5, 5.41) is 0. The largest absolute Gasteiger partial charge is 0.476 e. The number of nitrogens with zero attached hydrogens (tertiary/aromatic N) is 1. The molecule has 1 unspecified atom stereocenters. The zero-order chi connectivity index (χ0) is 14.7. The topological polar surface area (TPSA) is 57.4 Å². The first kappa shape index (κ1) is 13.7. The first-order valence-corrected chi connectivity index (χ1v) is 7.41. The van der Waals surface area contributed by atoms with E-state index in [4.69, 9.17) is 15.2 Å². The Morgan fingerprint density at radius 1 is 1.24 bits per heavy atom. The molecule has 4 heteroatoms.